The highest BCUT2D eigenvalue weighted by Gasteiger charge is 2.17. The molecule has 1 amide bonds. The number of carboxylic acid groups (broad SMARTS) is 1. The Morgan fingerprint density at radius 1 is 1.08 bits per heavy atom. The van der Waals surface area contributed by atoms with Crippen molar-refractivity contribution in [2.45, 2.75) is 19.8 Å². The molecule has 0 fully saturated rings. The molecule has 0 atom stereocenters. The molecule has 0 saturated carbocycles. The van der Waals surface area contributed by atoms with Crippen LogP contribution in [0.4, 0.5) is 11.4 Å². The lowest BCUT2D eigenvalue weighted by molar-refractivity contribution is 0.0696. The van der Waals surface area contributed by atoms with Crippen LogP contribution in [0.1, 0.15) is 40.5 Å². The molecule has 5 heteroatoms. The minimum Gasteiger partial charge on any atom is -0.478 e. The second-order valence-corrected chi connectivity index (χ2v) is 5.45. The molecule has 2 rings (SSSR count). The molecular weight excluding hydrogens is 304 g/mol. The van der Waals surface area contributed by atoms with Gasteiger partial charge in [-0.15, -0.1) is 0 Å². The number of nitrogens with zero attached hydrogens (tertiary/aromatic N) is 1. The fourth-order valence-corrected chi connectivity index (χ4v) is 2.52. The Hall–Kier alpha value is -2.82. The van der Waals surface area contributed by atoms with Gasteiger partial charge in [-0.05, 0) is 42.8 Å². The lowest BCUT2D eigenvalue weighted by Gasteiger charge is -2.27. The van der Waals surface area contributed by atoms with Gasteiger partial charge in [0.05, 0.1) is 16.8 Å². The van der Waals surface area contributed by atoms with E-state index in [1.165, 1.54) is 0 Å². The number of aromatic carboxylic acids is 1. The Labute approximate surface area is 141 Å². The van der Waals surface area contributed by atoms with E-state index < -0.39 is 5.97 Å². The van der Waals surface area contributed by atoms with Gasteiger partial charge in [-0.1, -0.05) is 25.5 Å². The van der Waals surface area contributed by atoms with Gasteiger partial charge in [-0.3, -0.25) is 4.79 Å². The van der Waals surface area contributed by atoms with Crippen molar-refractivity contribution in [3.63, 3.8) is 0 Å². The minimum absolute atomic E-state index is 0.144. The molecule has 0 unspecified atom stereocenters. The van der Waals surface area contributed by atoms with E-state index in [1.807, 2.05) is 18.2 Å². The van der Waals surface area contributed by atoms with E-state index in [2.05, 4.69) is 17.1 Å². The summed E-state index contributed by atoms with van der Waals surface area (Å²) in [5, 5.41) is 11.7. The smallest absolute Gasteiger partial charge is 0.335 e. The number of para-hydroxylation sites is 1. The van der Waals surface area contributed by atoms with Crippen LogP contribution in [0.15, 0.2) is 48.5 Å². The van der Waals surface area contributed by atoms with E-state index in [0.717, 1.165) is 30.8 Å². The number of anilines is 2. The van der Waals surface area contributed by atoms with E-state index in [1.54, 1.807) is 37.4 Å². The molecular formula is C19H22N2O3. The molecule has 2 aromatic carbocycles. The highest BCUT2D eigenvalue weighted by molar-refractivity contribution is 6.00. The number of unbranched alkanes of at least 4 members (excludes halogenated alkanes) is 1. The number of hydrogen-bond donors (Lipinski definition) is 2. The molecule has 0 bridgehead atoms. The third kappa shape index (κ3) is 3.93. The molecule has 2 aromatic rings. The van der Waals surface area contributed by atoms with E-state index in [9.17, 15) is 9.59 Å². The van der Waals surface area contributed by atoms with Gasteiger partial charge in [0.1, 0.15) is 0 Å². The van der Waals surface area contributed by atoms with Crippen LogP contribution >= 0.6 is 0 Å². The first-order valence-electron chi connectivity index (χ1n) is 8.00. The molecule has 0 aromatic heterocycles. The van der Waals surface area contributed by atoms with Gasteiger partial charge in [-0.2, -0.15) is 0 Å². The molecule has 0 aliphatic rings. The quantitative estimate of drug-likeness (QED) is 0.814. The van der Waals surface area contributed by atoms with Crippen LogP contribution in [0.2, 0.25) is 0 Å². The van der Waals surface area contributed by atoms with Crippen molar-refractivity contribution in [2.75, 3.05) is 18.5 Å². The number of rotatable bonds is 7. The summed E-state index contributed by atoms with van der Waals surface area (Å²) in [5.41, 5.74) is 2.52. The molecule has 0 aliphatic carbocycles. The highest BCUT2D eigenvalue weighted by Crippen LogP contribution is 2.29. The summed E-state index contributed by atoms with van der Waals surface area (Å²) in [7, 11) is 1.61. The van der Waals surface area contributed by atoms with Crippen molar-refractivity contribution < 1.29 is 14.7 Å². The average Bonchev–Trinajstić information content (AvgIpc) is 2.62. The molecule has 126 valence electrons. The van der Waals surface area contributed by atoms with Crippen LogP contribution < -0.4 is 10.2 Å². The zero-order valence-electron chi connectivity index (χ0n) is 14.0. The summed E-state index contributed by atoms with van der Waals surface area (Å²) in [6.45, 7) is 2.85. The standard InChI is InChI=1S/C19H22N2O3/c1-3-4-13-21(15-11-9-14(10-12-15)19(23)24)17-8-6-5-7-16(17)18(22)20-2/h5-12H,3-4,13H2,1-2H3,(H,20,22)(H,23,24). The van der Waals surface area contributed by atoms with E-state index in [4.69, 9.17) is 5.11 Å². The fourth-order valence-electron chi connectivity index (χ4n) is 2.52. The largest absolute Gasteiger partial charge is 0.478 e. The van der Waals surface area contributed by atoms with Crippen molar-refractivity contribution in [3.8, 4) is 0 Å². The predicted molar refractivity (Wildman–Crippen MR) is 95.1 cm³/mol. The molecule has 0 heterocycles. The maximum atomic E-state index is 12.2. The molecule has 24 heavy (non-hydrogen) atoms. The summed E-state index contributed by atoms with van der Waals surface area (Å²) in [5.74, 6) is -1.10. The lowest BCUT2D eigenvalue weighted by Crippen LogP contribution is -2.25. The number of carbonyl (C=O) groups excluding carboxylic acids is 1. The SMILES string of the molecule is CCCCN(c1ccc(C(=O)O)cc1)c1ccccc1C(=O)NC. The van der Waals surface area contributed by atoms with Crippen LogP contribution in [0.3, 0.4) is 0 Å². The van der Waals surface area contributed by atoms with Gasteiger partial charge in [0, 0.05) is 19.3 Å². The van der Waals surface area contributed by atoms with Gasteiger partial charge in [-0.25, -0.2) is 4.79 Å². The minimum atomic E-state index is -0.951. The van der Waals surface area contributed by atoms with Crippen LogP contribution in [-0.4, -0.2) is 30.6 Å². The number of benzene rings is 2. The number of nitrogens with one attached hydrogen (secondary N) is 1. The molecule has 5 nitrogen and oxygen atoms in total. The number of carbonyl (C=O) groups is 2. The third-order valence-corrected chi connectivity index (χ3v) is 3.83. The van der Waals surface area contributed by atoms with Crippen LogP contribution in [0.25, 0.3) is 0 Å². The maximum Gasteiger partial charge on any atom is 0.335 e. The Kier molecular flexibility index (Phi) is 5.95. The summed E-state index contributed by atoms with van der Waals surface area (Å²) in [4.78, 5) is 25.3. The normalized spacial score (nSPS) is 10.2. The van der Waals surface area contributed by atoms with Gasteiger partial charge in [0.25, 0.3) is 5.91 Å². The fraction of sp³-hybridized carbons (Fsp3) is 0.263. The zero-order valence-corrected chi connectivity index (χ0v) is 14.0. The third-order valence-electron chi connectivity index (χ3n) is 3.83. The number of amides is 1. The van der Waals surface area contributed by atoms with E-state index in [-0.39, 0.29) is 11.5 Å². The van der Waals surface area contributed by atoms with Crippen LogP contribution in [-0.2, 0) is 0 Å². The van der Waals surface area contributed by atoms with Gasteiger partial charge in [0.15, 0.2) is 0 Å². The van der Waals surface area contributed by atoms with E-state index >= 15 is 0 Å². The molecule has 0 aliphatic heterocycles. The second-order valence-electron chi connectivity index (χ2n) is 5.45. The molecule has 0 saturated heterocycles. The molecule has 2 N–H and O–H groups in total. The van der Waals surface area contributed by atoms with Crippen molar-refractivity contribution in [1.29, 1.82) is 0 Å². The number of carboxylic acids is 1. The lowest BCUT2D eigenvalue weighted by atomic mass is 10.1. The van der Waals surface area contributed by atoms with Crippen molar-refractivity contribution >= 4 is 23.3 Å². The van der Waals surface area contributed by atoms with Crippen molar-refractivity contribution in [2.24, 2.45) is 0 Å². The first kappa shape index (κ1) is 17.5. The zero-order chi connectivity index (χ0) is 17.5. The summed E-state index contributed by atoms with van der Waals surface area (Å²) in [6.07, 6.45) is 1.98. The highest BCUT2D eigenvalue weighted by atomic mass is 16.4. The summed E-state index contributed by atoms with van der Waals surface area (Å²) < 4.78 is 0. The second kappa shape index (κ2) is 8.15. The number of hydrogen-bond acceptors (Lipinski definition) is 3. The van der Waals surface area contributed by atoms with Gasteiger partial charge >= 0.3 is 5.97 Å². The van der Waals surface area contributed by atoms with Crippen molar-refractivity contribution in [1.82, 2.24) is 5.32 Å². The molecule has 0 spiro atoms. The first-order valence-corrected chi connectivity index (χ1v) is 8.00. The Bertz CT molecular complexity index is 711. The Morgan fingerprint density at radius 3 is 2.33 bits per heavy atom. The van der Waals surface area contributed by atoms with Crippen LogP contribution in [0, 0.1) is 0 Å². The maximum absolute atomic E-state index is 12.2. The Morgan fingerprint density at radius 2 is 1.75 bits per heavy atom. The first-order chi connectivity index (χ1) is 11.6. The Balaban J connectivity index is 2.45. The monoisotopic (exact) mass is 326 g/mol. The average molecular weight is 326 g/mol. The predicted octanol–water partition coefficient (Wildman–Crippen LogP) is 3.68. The van der Waals surface area contributed by atoms with Gasteiger partial charge < -0.3 is 15.3 Å². The van der Waals surface area contributed by atoms with Gasteiger partial charge in [0.2, 0.25) is 0 Å². The van der Waals surface area contributed by atoms with Crippen LogP contribution in [0.5, 0.6) is 0 Å². The topological polar surface area (TPSA) is 69.6 Å². The molecule has 0 radical (unpaired) electrons. The summed E-state index contributed by atoms with van der Waals surface area (Å²) >= 11 is 0. The summed E-state index contributed by atoms with van der Waals surface area (Å²) in [6, 6.07) is 14.1. The van der Waals surface area contributed by atoms with E-state index in [0.29, 0.717) is 5.56 Å². The van der Waals surface area contributed by atoms with Crippen molar-refractivity contribution in [3.05, 3.63) is 59.7 Å².